The van der Waals surface area contributed by atoms with Gasteiger partial charge in [0.25, 0.3) is 0 Å². The van der Waals surface area contributed by atoms with E-state index in [4.69, 9.17) is 5.11 Å². The molecule has 0 radical (unpaired) electrons. The van der Waals surface area contributed by atoms with Crippen molar-refractivity contribution in [1.82, 2.24) is 4.90 Å². The van der Waals surface area contributed by atoms with Gasteiger partial charge < -0.3 is 10.4 Å². The van der Waals surface area contributed by atoms with E-state index < -0.39 is 29.0 Å². The lowest BCUT2D eigenvalue weighted by atomic mass is 10.2. The summed E-state index contributed by atoms with van der Waals surface area (Å²) in [6, 6.07) is 1.63. The van der Waals surface area contributed by atoms with Gasteiger partial charge in [-0.05, 0) is 31.5 Å². The summed E-state index contributed by atoms with van der Waals surface area (Å²) in [7, 11) is 0. The van der Waals surface area contributed by atoms with Crippen LogP contribution in [0.1, 0.15) is 12.8 Å². The van der Waals surface area contributed by atoms with Gasteiger partial charge in [0.1, 0.15) is 0 Å². The van der Waals surface area contributed by atoms with E-state index in [1.54, 1.807) is 4.90 Å². The monoisotopic (exact) mass is 288 g/mol. The van der Waals surface area contributed by atoms with E-state index in [9.17, 15) is 18.0 Å². The standard InChI is InChI=1S/C13H15F3N2O2/c14-9-3-4-10(13(16)12(9)15)17-11(20)6-18-5-1-2-8(18)7-19/h3-4,8,19H,1-2,5-7H2,(H,17,20)/t8-/m0/s1. The Morgan fingerprint density at radius 2 is 2.10 bits per heavy atom. The van der Waals surface area contributed by atoms with Crippen molar-refractivity contribution in [2.75, 3.05) is 25.0 Å². The predicted molar refractivity (Wildman–Crippen MR) is 66.6 cm³/mol. The molecule has 1 fully saturated rings. The second-order valence-electron chi connectivity index (χ2n) is 4.72. The van der Waals surface area contributed by atoms with E-state index in [0.717, 1.165) is 25.0 Å². The molecule has 4 nitrogen and oxygen atoms in total. The Kier molecular flexibility index (Phi) is 4.61. The van der Waals surface area contributed by atoms with Crippen LogP contribution in [0.25, 0.3) is 0 Å². The molecular formula is C13H15F3N2O2. The van der Waals surface area contributed by atoms with Crippen LogP contribution in [-0.2, 0) is 4.79 Å². The zero-order valence-electron chi connectivity index (χ0n) is 10.7. The largest absolute Gasteiger partial charge is 0.395 e. The molecule has 1 aliphatic heterocycles. The Labute approximate surface area is 114 Å². The van der Waals surface area contributed by atoms with Crippen LogP contribution in [0.2, 0.25) is 0 Å². The number of halogens is 3. The highest BCUT2D eigenvalue weighted by Gasteiger charge is 2.26. The van der Waals surface area contributed by atoms with E-state index in [2.05, 4.69) is 5.32 Å². The van der Waals surface area contributed by atoms with Crippen LogP contribution < -0.4 is 5.32 Å². The molecule has 1 atom stereocenters. The topological polar surface area (TPSA) is 52.6 Å². The first kappa shape index (κ1) is 14.8. The van der Waals surface area contributed by atoms with Crippen molar-refractivity contribution in [2.45, 2.75) is 18.9 Å². The molecule has 1 aromatic carbocycles. The zero-order valence-corrected chi connectivity index (χ0v) is 10.7. The minimum Gasteiger partial charge on any atom is -0.395 e. The van der Waals surface area contributed by atoms with Crippen LogP contribution in [0.4, 0.5) is 18.9 Å². The van der Waals surface area contributed by atoms with E-state index in [-0.39, 0.29) is 19.2 Å². The third-order valence-electron chi connectivity index (χ3n) is 3.37. The highest BCUT2D eigenvalue weighted by molar-refractivity contribution is 5.92. The zero-order chi connectivity index (χ0) is 14.7. The maximum atomic E-state index is 13.4. The molecule has 0 spiro atoms. The quantitative estimate of drug-likeness (QED) is 0.826. The molecule has 1 heterocycles. The Morgan fingerprint density at radius 3 is 2.80 bits per heavy atom. The number of amides is 1. The summed E-state index contributed by atoms with van der Waals surface area (Å²) in [4.78, 5) is 13.5. The van der Waals surface area contributed by atoms with Crippen molar-refractivity contribution in [3.8, 4) is 0 Å². The number of hydrogen-bond acceptors (Lipinski definition) is 3. The first-order valence-electron chi connectivity index (χ1n) is 6.31. The summed E-state index contributed by atoms with van der Waals surface area (Å²) >= 11 is 0. The Balaban J connectivity index is 2.00. The van der Waals surface area contributed by atoms with Crippen molar-refractivity contribution in [3.63, 3.8) is 0 Å². The molecule has 1 aromatic rings. The molecule has 2 rings (SSSR count). The van der Waals surface area contributed by atoms with Gasteiger partial charge in [0.15, 0.2) is 17.5 Å². The second-order valence-corrected chi connectivity index (χ2v) is 4.72. The fourth-order valence-electron chi connectivity index (χ4n) is 2.31. The van der Waals surface area contributed by atoms with Gasteiger partial charge in [-0.25, -0.2) is 13.2 Å². The number of nitrogens with one attached hydrogen (secondary N) is 1. The second kappa shape index (κ2) is 6.23. The Bertz CT molecular complexity index is 511. The summed E-state index contributed by atoms with van der Waals surface area (Å²) in [5, 5.41) is 11.3. The molecule has 7 heteroatoms. The molecule has 20 heavy (non-hydrogen) atoms. The van der Waals surface area contributed by atoms with Gasteiger partial charge in [0.05, 0.1) is 18.8 Å². The molecule has 0 unspecified atom stereocenters. The van der Waals surface area contributed by atoms with Crippen LogP contribution in [0.3, 0.4) is 0 Å². The molecule has 1 saturated heterocycles. The van der Waals surface area contributed by atoms with Crippen LogP contribution in [0.15, 0.2) is 12.1 Å². The van der Waals surface area contributed by atoms with Gasteiger partial charge in [-0.2, -0.15) is 0 Å². The number of aliphatic hydroxyl groups is 1. The van der Waals surface area contributed by atoms with Gasteiger partial charge in [-0.1, -0.05) is 0 Å². The normalized spacial score (nSPS) is 19.3. The summed E-state index contributed by atoms with van der Waals surface area (Å²) in [5.74, 6) is -4.87. The van der Waals surface area contributed by atoms with Gasteiger partial charge in [-0.15, -0.1) is 0 Å². The first-order chi connectivity index (χ1) is 9.52. The number of hydrogen-bond donors (Lipinski definition) is 2. The molecule has 2 N–H and O–H groups in total. The summed E-state index contributed by atoms with van der Waals surface area (Å²) in [6.07, 6.45) is 1.67. The lowest BCUT2D eigenvalue weighted by molar-refractivity contribution is -0.117. The molecule has 0 aromatic heterocycles. The Hall–Kier alpha value is -1.60. The lowest BCUT2D eigenvalue weighted by Crippen LogP contribution is -2.38. The maximum Gasteiger partial charge on any atom is 0.238 e. The summed E-state index contributed by atoms with van der Waals surface area (Å²) in [5.41, 5.74) is -0.395. The van der Waals surface area contributed by atoms with Crippen molar-refractivity contribution >= 4 is 11.6 Å². The van der Waals surface area contributed by atoms with E-state index in [1.807, 2.05) is 0 Å². The molecule has 0 aliphatic carbocycles. The predicted octanol–water partition coefficient (Wildman–Crippen LogP) is 1.50. The molecular weight excluding hydrogens is 273 g/mol. The summed E-state index contributed by atoms with van der Waals surface area (Å²) in [6.45, 7) is 0.593. The first-order valence-corrected chi connectivity index (χ1v) is 6.31. The third kappa shape index (κ3) is 3.10. The minimum absolute atomic E-state index is 0.0241. The molecule has 110 valence electrons. The molecule has 0 saturated carbocycles. The maximum absolute atomic E-state index is 13.4. The molecule has 0 bridgehead atoms. The Morgan fingerprint density at radius 1 is 1.35 bits per heavy atom. The number of rotatable bonds is 4. The lowest BCUT2D eigenvalue weighted by Gasteiger charge is -2.21. The van der Waals surface area contributed by atoms with Gasteiger partial charge in [0, 0.05) is 6.04 Å². The van der Waals surface area contributed by atoms with Gasteiger partial charge >= 0.3 is 0 Å². The number of nitrogens with zero attached hydrogens (tertiary/aromatic N) is 1. The number of carbonyl (C=O) groups excluding carboxylic acids is 1. The fourth-order valence-corrected chi connectivity index (χ4v) is 2.31. The number of benzene rings is 1. The van der Waals surface area contributed by atoms with Crippen molar-refractivity contribution in [2.24, 2.45) is 0 Å². The highest BCUT2D eigenvalue weighted by Crippen LogP contribution is 2.20. The van der Waals surface area contributed by atoms with Crippen LogP contribution in [0.5, 0.6) is 0 Å². The average Bonchev–Trinajstić information content (AvgIpc) is 2.86. The van der Waals surface area contributed by atoms with Gasteiger partial charge in [-0.3, -0.25) is 9.69 Å². The molecule has 1 aliphatic rings. The smallest absolute Gasteiger partial charge is 0.238 e. The van der Waals surface area contributed by atoms with E-state index in [1.165, 1.54) is 0 Å². The number of aliphatic hydroxyl groups excluding tert-OH is 1. The van der Waals surface area contributed by atoms with Crippen LogP contribution >= 0.6 is 0 Å². The fraction of sp³-hybridized carbons (Fsp3) is 0.462. The highest BCUT2D eigenvalue weighted by atomic mass is 19.2. The number of carbonyl (C=O) groups is 1. The average molecular weight is 288 g/mol. The van der Waals surface area contributed by atoms with E-state index in [0.29, 0.717) is 6.54 Å². The van der Waals surface area contributed by atoms with Crippen molar-refractivity contribution in [1.29, 1.82) is 0 Å². The van der Waals surface area contributed by atoms with Gasteiger partial charge in [0.2, 0.25) is 5.91 Å². The number of likely N-dealkylation sites (tertiary alicyclic amines) is 1. The number of anilines is 1. The van der Waals surface area contributed by atoms with Crippen molar-refractivity contribution in [3.05, 3.63) is 29.6 Å². The van der Waals surface area contributed by atoms with Crippen molar-refractivity contribution < 1.29 is 23.1 Å². The third-order valence-corrected chi connectivity index (χ3v) is 3.37. The summed E-state index contributed by atoms with van der Waals surface area (Å²) < 4.78 is 39.2. The van der Waals surface area contributed by atoms with E-state index >= 15 is 0 Å². The SMILES string of the molecule is O=C(CN1CCC[C@H]1CO)Nc1ccc(F)c(F)c1F. The molecule has 1 amide bonds. The van der Waals surface area contributed by atoms with Crippen LogP contribution in [0, 0.1) is 17.5 Å². The van der Waals surface area contributed by atoms with Crippen LogP contribution in [-0.4, -0.2) is 41.7 Å². The minimum atomic E-state index is -1.61.